The highest BCUT2D eigenvalue weighted by Crippen LogP contribution is 2.25. The van der Waals surface area contributed by atoms with Gasteiger partial charge >= 0.3 is 0 Å². The molecular formula is C14H18N4O2. The number of hydrogen-bond donors (Lipinski definition) is 3. The number of nitrogens with two attached hydrogens (primary N) is 1. The number of rotatable bonds is 1. The Labute approximate surface area is 116 Å². The molecule has 1 aromatic heterocycles. The predicted octanol–water partition coefficient (Wildman–Crippen LogP) is 1.13. The van der Waals surface area contributed by atoms with E-state index in [0.717, 1.165) is 10.9 Å². The molecule has 1 aliphatic rings. The zero-order valence-electron chi connectivity index (χ0n) is 11.4. The lowest BCUT2D eigenvalue weighted by molar-refractivity contribution is -0.00213. The number of nitrogen functional groups attached to an aromatic ring is 1. The number of carbonyl (C=O) groups is 1. The maximum Gasteiger partial charge on any atom is 0.274 e. The number of aliphatic hydroxyl groups is 1. The number of nitrogens with one attached hydrogen (secondary N) is 1. The summed E-state index contributed by atoms with van der Waals surface area (Å²) >= 11 is 0. The van der Waals surface area contributed by atoms with Gasteiger partial charge in [-0.05, 0) is 38.0 Å². The van der Waals surface area contributed by atoms with Gasteiger partial charge in [-0.3, -0.25) is 9.89 Å². The zero-order valence-corrected chi connectivity index (χ0v) is 11.4. The quantitative estimate of drug-likeness (QED) is 0.679. The summed E-state index contributed by atoms with van der Waals surface area (Å²) in [5, 5.41) is 17.6. The van der Waals surface area contributed by atoms with Gasteiger partial charge in [-0.15, -0.1) is 0 Å². The largest absolute Gasteiger partial charge is 0.399 e. The summed E-state index contributed by atoms with van der Waals surface area (Å²) in [6.45, 7) is 2.89. The number of benzene rings is 1. The van der Waals surface area contributed by atoms with Crippen molar-refractivity contribution in [3.63, 3.8) is 0 Å². The Balaban J connectivity index is 1.88. The molecule has 1 fully saturated rings. The predicted molar refractivity (Wildman–Crippen MR) is 76.3 cm³/mol. The first-order valence-corrected chi connectivity index (χ1v) is 6.71. The van der Waals surface area contributed by atoms with Crippen LogP contribution in [0.5, 0.6) is 0 Å². The molecule has 6 heteroatoms. The number of piperidine rings is 1. The molecule has 0 saturated carbocycles. The molecule has 0 aliphatic carbocycles. The second-order valence-corrected chi connectivity index (χ2v) is 5.67. The lowest BCUT2D eigenvalue weighted by Gasteiger charge is -2.35. The lowest BCUT2D eigenvalue weighted by Crippen LogP contribution is -2.45. The van der Waals surface area contributed by atoms with E-state index in [2.05, 4.69) is 10.2 Å². The summed E-state index contributed by atoms with van der Waals surface area (Å²) < 4.78 is 0. The Morgan fingerprint density at radius 2 is 2.15 bits per heavy atom. The number of fused-ring (bicyclic) bond motifs is 1. The first-order valence-electron chi connectivity index (χ1n) is 6.71. The van der Waals surface area contributed by atoms with Crippen molar-refractivity contribution in [2.45, 2.75) is 25.4 Å². The molecule has 0 bridgehead atoms. The number of anilines is 1. The van der Waals surface area contributed by atoms with Gasteiger partial charge in [0.1, 0.15) is 0 Å². The molecule has 20 heavy (non-hydrogen) atoms. The molecule has 2 heterocycles. The Morgan fingerprint density at radius 3 is 2.85 bits per heavy atom. The van der Waals surface area contributed by atoms with E-state index in [1.54, 1.807) is 24.0 Å². The number of likely N-dealkylation sites (tertiary alicyclic amines) is 1. The van der Waals surface area contributed by atoms with E-state index in [1.807, 2.05) is 6.07 Å². The van der Waals surface area contributed by atoms with Gasteiger partial charge in [0, 0.05) is 24.2 Å². The molecule has 1 amide bonds. The lowest BCUT2D eigenvalue weighted by atomic mass is 9.93. The van der Waals surface area contributed by atoms with Crippen LogP contribution in [0.2, 0.25) is 0 Å². The molecule has 0 radical (unpaired) electrons. The number of carbonyl (C=O) groups excluding carboxylic acids is 1. The Morgan fingerprint density at radius 1 is 1.45 bits per heavy atom. The molecule has 2 aromatic rings. The van der Waals surface area contributed by atoms with E-state index in [0.29, 0.717) is 37.3 Å². The van der Waals surface area contributed by atoms with Gasteiger partial charge in [0.15, 0.2) is 5.69 Å². The molecule has 6 nitrogen and oxygen atoms in total. The van der Waals surface area contributed by atoms with Crippen LogP contribution in [-0.4, -0.2) is 44.8 Å². The number of nitrogens with zero attached hydrogens (tertiary/aromatic N) is 2. The van der Waals surface area contributed by atoms with Gasteiger partial charge in [0.2, 0.25) is 0 Å². The second kappa shape index (κ2) is 4.49. The summed E-state index contributed by atoms with van der Waals surface area (Å²) in [6, 6.07) is 5.34. The Hall–Kier alpha value is -2.08. The fourth-order valence-electron chi connectivity index (χ4n) is 2.54. The zero-order chi connectivity index (χ0) is 14.3. The van der Waals surface area contributed by atoms with Crippen LogP contribution < -0.4 is 5.73 Å². The number of hydrogen-bond acceptors (Lipinski definition) is 4. The summed E-state index contributed by atoms with van der Waals surface area (Å²) in [4.78, 5) is 14.3. The van der Waals surface area contributed by atoms with Crippen LogP contribution in [0.15, 0.2) is 18.2 Å². The molecule has 1 aliphatic heterocycles. The van der Waals surface area contributed by atoms with Gasteiger partial charge in [-0.1, -0.05) is 0 Å². The first kappa shape index (κ1) is 12.9. The summed E-state index contributed by atoms with van der Waals surface area (Å²) in [5.74, 6) is -0.114. The van der Waals surface area contributed by atoms with E-state index in [-0.39, 0.29) is 5.91 Å². The molecule has 3 rings (SSSR count). The average molecular weight is 274 g/mol. The van der Waals surface area contributed by atoms with E-state index in [1.165, 1.54) is 0 Å². The van der Waals surface area contributed by atoms with Crippen molar-refractivity contribution in [1.29, 1.82) is 0 Å². The van der Waals surface area contributed by atoms with Crippen LogP contribution in [0.3, 0.4) is 0 Å². The van der Waals surface area contributed by atoms with Gasteiger partial charge in [-0.2, -0.15) is 5.10 Å². The first-order chi connectivity index (χ1) is 9.46. The summed E-state index contributed by atoms with van der Waals surface area (Å²) in [6.07, 6.45) is 1.17. The summed E-state index contributed by atoms with van der Waals surface area (Å²) in [5.41, 5.74) is 6.90. The number of aromatic amines is 1. The fraction of sp³-hybridized carbons (Fsp3) is 0.429. The second-order valence-electron chi connectivity index (χ2n) is 5.67. The monoisotopic (exact) mass is 274 g/mol. The minimum Gasteiger partial charge on any atom is -0.399 e. The van der Waals surface area contributed by atoms with E-state index in [4.69, 9.17) is 5.73 Å². The highest BCUT2D eigenvalue weighted by atomic mass is 16.3. The number of H-pyrrole nitrogens is 1. The fourth-order valence-corrected chi connectivity index (χ4v) is 2.54. The maximum atomic E-state index is 12.5. The third-order valence-electron chi connectivity index (χ3n) is 3.92. The van der Waals surface area contributed by atoms with Crippen molar-refractivity contribution in [3.05, 3.63) is 23.9 Å². The molecule has 0 spiro atoms. The minimum absolute atomic E-state index is 0.114. The van der Waals surface area contributed by atoms with Crippen LogP contribution in [0.4, 0.5) is 5.69 Å². The Bertz CT molecular complexity index is 652. The van der Waals surface area contributed by atoms with Gasteiger partial charge in [0.05, 0.1) is 11.1 Å². The highest BCUT2D eigenvalue weighted by molar-refractivity contribution is 6.05. The standard InChI is InChI=1S/C14H18N4O2/c1-14(20)4-6-18(7-5-14)13(19)12-10-8-9(15)2-3-11(10)16-17-12/h2-3,8,20H,4-7,15H2,1H3,(H,16,17). The third-order valence-corrected chi connectivity index (χ3v) is 3.92. The van der Waals surface area contributed by atoms with E-state index in [9.17, 15) is 9.90 Å². The van der Waals surface area contributed by atoms with Crippen molar-refractivity contribution in [1.82, 2.24) is 15.1 Å². The van der Waals surface area contributed by atoms with Crippen molar-refractivity contribution in [2.75, 3.05) is 18.8 Å². The normalized spacial score (nSPS) is 18.4. The van der Waals surface area contributed by atoms with Crippen LogP contribution in [0, 0.1) is 0 Å². The van der Waals surface area contributed by atoms with Gasteiger partial charge < -0.3 is 15.7 Å². The van der Waals surface area contributed by atoms with Gasteiger partial charge in [0.25, 0.3) is 5.91 Å². The minimum atomic E-state index is -0.672. The molecule has 1 aromatic carbocycles. The molecule has 4 N–H and O–H groups in total. The molecular weight excluding hydrogens is 256 g/mol. The number of amides is 1. The SMILES string of the molecule is CC1(O)CCN(C(=O)c2n[nH]c3ccc(N)cc23)CC1. The maximum absolute atomic E-state index is 12.5. The number of aromatic nitrogens is 2. The van der Waals surface area contributed by atoms with Crippen LogP contribution in [0.25, 0.3) is 10.9 Å². The van der Waals surface area contributed by atoms with Gasteiger partial charge in [-0.25, -0.2) is 0 Å². The highest BCUT2D eigenvalue weighted by Gasteiger charge is 2.31. The van der Waals surface area contributed by atoms with Crippen molar-refractivity contribution < 1.29 is 9.90 Å². The topological polar surface area (TPSA) is 95.2 Å². The van der Waals surface area contributed by atoms with Crippen molar-refractivity contribution >= 4 is 22.5 Å². The van der Waals surface area contributed by atoms with Crippen molar-refractivity contribution in [2.24, 2.45) is 0 Å². The molecule has 1 saturated heterocycles. The Kier molecular flexibility index (Phi) is 2.90. The van der Waals surface area contributed by atoms with Crippen LogP contribution in [0.1, 0.15) is 30.3 Å². The molecule has 0 atom stereocenters. The third kappa shape index (κ3) is 2.22. The molecule has 0 unspecified atom stereocenters. The summed E-state index contributed by atoms with van der Waals surface area (Å²) in [7, 11) is 0. The smallest absolute Gasteiger partial charge is 0.274 e. The molecule has 106 valence electrons. The average Bonchev–Trinajstić information content (AvgIpc) is 2.81. The van der Waals surface area contributed by atoms with E-state index >= 15 is 0 Å². The van der Waals surface area contributed by atoms with Crippen LogP contribution >= 0.6 is 0 Å². The van der Waals surface area contributed by atoms with E-state index < -0.39 is 5.60 Å². The van der Waals surface area contributed by atoms with Crippen molar-refractivity contribution in [3.8, 4) is 0 Å². The van der Waals surface area contributed by atoms with Crippen LogP contribution in [-0.2, 0) is 0 Å².